The Balaban J connectivity index is 4.88. The van der Waals surface area contributed by atoms with Crippen molar-refractivity contribution in [3.05, 3.63) is 0 Å². The van der Waals surface area contributed by atoms with Gasteiger partial charge in [-0.05, 0) is 52.6 Å². The van der Waals surface area contributed by atoms with E-state index >= 15 is 0 Å². The van der Waals surface area contributed by atoms with Crippen LogP contribution in [0.5, 0.6) is 0 Å². The highest BCUT2D eigenvalue weighted by Gasteiger charge is 2.36. The molecule has 2 atom stereocenters. The van der Waals surface area contributed by atoms with Crippen LogP contribution in [0.25, 0.3) is 0 Å². The van der Waals surface area contributed by atoms with Crippen LogP contribution in [-0.4, -0.2) is 48.7 Å². The topological polar surface area (TPSA) is 41.6 Å². The van der Waals surface area contributed by atoms with Gasteiger partial charge in [0, 0.05) is 12.6 Å². The van der Waals surface area contributed by atoms with Crippen molar-refractivity contribution < 1.29 is 9.53 Å². The third kappa shape index (κ3) is 7.28. The lowest BCUT2D eigenvalue weighted by molar-refractivity contribution is -0.151. The number of rotatable bonds is 11. The maximum absolute atomic E-state index is 12.3. The third-order valence-electron chi connectivity index (χ3n) is 3.82. The van der Waals surface area contributed by atoms with E-state index in [9.17, 15) is 4.79 Å². The summed E-state index contributed by atoms with van der Waals surface area (Å²) in [6.45, 7) is 18.1. The van der Waals surface area contributed by atoms with Gasteiger partial charge < -0.3 is 15.0 Å². The van der Waals surface area contributed by atoms with Gasteiger partial charge >= 0.3 is 5.97 Å². The first kappa shape index (κ1) is 20.4. The number of nitrogens with one attached hydrogen (secondary N) is 1. The second kappa shape index (κ2) is 10.2. The molecule has 0 rings (SSSR count). The summed E-state index contributed by atoms with van der Waals surface area (Å²) in [5, 5.41) is 3.39. The minimum absolute atomic E-state index is 0.133. The molecule has 0 aliphatic carbocycles. The van der Waals surface area contributed by atoms with Gasteiger partial charge in [-0.15, -0.1) is 0 Å². The Hall–Kier alpha value is -0.610. The Morgan fingerprint density at radius 3 is 2.29 bits per heavy atom. The van der Waals surface area contributed by atoms with Crippen LogP contribution in [0.2, 0.25) is 0 Å². The van der Waals surface area contributed by atoms with E-state index in [1.165, 1.54) is 0 Å². The van der Waals surface area contributed by atoms with Crippen molar-refractivity contribution in [2.45, 2.75) is 72.9 Å². The van der Waals surface area contributed by atoms with Crippen molar-refractivity contribution in [3.63, 3.8) is 0 Å². The zero-order valence-electron chi connectivity index (χ0n) is 15.2. The van der Waals surface area contributed by atoms with Crippen LogP contribution in [0.15, 0.2) is 0 Å². The summed E-state index contributed by atoms with van der Waals surface area (Å²) >= 11 is 0. The van der Waals surface area contributed by atoms with Crippen LogP contribution >= 0.6 is 0 Å². The zero-order chi connectivity index (χ0) is 16.5. The number of nitrogens with zero attached hydrogens (tertiary/aromatic N) is 1. The largest absolute Gasteiger partial charge is 0.465 e. The molecule has 4 nitrogen and oxygen atoms in total. The molecule has 4 heteroatoms. The molecule has 0 bridgehead atoms. The normalized spacial score (nSPS) is 16.0. The Bertz CT molecular complexity index is 295. The van der Waals surface area contributed by atoms with E-state index in [4.69, 9.17) is 4.74 Å². The number of ether oxygens (including phenoxy) is 1. The van der Waals surface area contributed by atoms with E-state index in [2.05, 4.69) is 44.8 Å². The summed E-state index contributed by atoms with van der Waals surface area (Å²) in [5.74, 6) is 0.496. The lowest BCUT2D eigenvalue weighted by Crippen LogP contribution is -2.54. The minimum Gasteiger partial charge on any atom is -0.465 e. The lowest BCUT2D eigenvalue weighted by atomic mass is 9.92. The van der Waals surface area contributed by atoms with Crippen LogP contribution in [-0.2, 0) is 9.53 Å². The third-order valence-corrected chi connectivity index (χ3v) is 3.82. The quantitative estimate of drug-likeness (QED) is 0.595. The molecular formula is C17H36N2O2. The second-order valence-corrected chi connectivity index (χ2v) is 6.51. The van der Waals surface area contributed by atoms with E-state index in [-0.39, 0.29) is 5.97 Å². The van der Waals surface area contributed by atoms with Crippen molar-refractivity contribution >= 4 is 5.97 Å². The van der Waals surface area contributed by atoms with Gasteiger partial charge in [0.05, 0.1) is 6.61 Å². The molecule has 0 radical (unpaired) electrons. The molecule has 0 aliphatic heterocycles. The Morgan fingerprint density at radius 2 is 1.86 bits per heavy atom. The first-order valence-corrected chi connectivity index (χ1v) is 8.46. The smallest absolute Gasteiger partial charge is 0.326 e. The van der Waals surface area contributed by atoms with Gasteiger partial charge in [-0.3, -0.25) is 4.79 Å². The molecule has 0 spiro atoms. The summed E-state index contributed by atoms with van der Waals surface area (Å²) < 4.78 is 5.28. The van der Waals surface area contributed by atoms with E-state index in [1.807, 2.05) is 13.8 Å². The first-order chi connectivity index (χ1) is 9.80. The van der Waals surface area contributed by atoms with Crippen LogP contribution in [0.4, 0.5) is 0 Å². The molecule has 0 amide bonds. The molecule has 0 aromatic rings. The maximum Gasteiger partial charge on any atom is 0.326 e. The highest BCUT2D eigenvalue weighted by molar-refractivity contribution is 5.80. The van der Waals surface area contributed by atoms with Crippen LogP contribution in [0, 0.1) is 5.92 Å². The standard InChI is InChI=1S/C17H36N2O2/c1-8-11-18-17(7,16(20)21-10-3)12-15(6)19(9-2)13-14(4)5/h14-15,18H,8-13H2,1-7H3. The van der Waals surface area contributed by atoms with Gasteiger partial charge in [0.25, 0.3) is 0 Å². The van der Waals surface area contributed by atoms with Crippen molar-refractivity contribution in [2.24, 2.45) is 5.92 Å². The second-order valence-electron chi connectivity index (χ2n) is 6.51. The van der Waals surface area contributed by atoms with Gasteiger partial charge in [0.1, 0.15) is 5.54 Å². The molecule has 1 N–H and O–H groups in total. The van der Waals surface area contributed by atoms with Crippen LogP contribution < -0.4 is 5.32 Å². The fraction of sp³-hybridized carbons (Fsp3) is 0.941. The predicted octanol–water partition coefficient (Wildman–Crippen LogP) is 3.06. The fourth-order valence-corrected chi connectivity index (χ4v) is 2.73. The van der Waals surface area contributed by atoms with Crippen LogP contribution in [0.1, 0.15) is 61.3 Å². The van der Waals surface area contributed by atoms with E-state index in [0.717, 1.165) is 32.5 Å². The van der Waals surface area contributed by atoms with E-state index in [0.29, 0.717) is 18.6 Å². The molecule has 0 fully saturated rings. The predicted molar refractivity (Wildman–Crippen MR) is 89.5 cm³/mol. The summed E-state index contributed by atoms with van der Waals surface area (Å²) in [7, 11) is 0. The Morgan fingerprint density at radius 1 is 1.24 bits per heavy atom. The minimum atomic E-state index is -0.601. The Kier molecular flexibility index (Phi) is 9.88. The van der Waals surface area contributed by atoms with E-state index < -0.39 is 5.54 Å². The maximum atomic E-state index is 12.3. The van der Waals surface area contributed by atoms with E-state index in [1.54, 1.807) is 0 Å². The molecule has 0 aromatic heterocycles. The van der Waals surface area contributed by atoms with Crippen molar-refractivity contribution in [1.29, 1.82) is 0 Å². The number of hydrogen-bond acceptors (Lipinski definition) is 4. The van der Waals surface area contributed by atoms with Crippen molar-refractivity contribution in [1.82, 2.24) is 10.2 Å². The highest BCUT2D eigenvalue weighted by Crippen LogP contribution is 2.19. The summed E-state index contributed by atoms with van der Waals surface area (Å²) in [5.41, 5.74) is -0.601. The van der Waals surface area contributed by atoms with Gasteiger partial charge in [-0.2, -0.15) is 0 Å². The molecule has 0 aliphatic rings. The molecule has 126 valence electrons. The average molecular weight is 300 g/mol. The summed E-state index contributed by atoms with van der Waals surface area (Å²) in [6, 6.07) is 0.344. The number of hydrogen-bond donors (Lipinski definition) is 1. The average Bonchev–Trinajstić information content (AvgIpc) is 2.42. The molecule has 2 unspecified atom stereocenters. The number of esters is 1. The molecule has 0 saturated carbocycles. The van der Waals surface area contributed by atoms with Gasteiger partial charge in [0.2, 0.25) is 0 Å². The number of carbonyl (C=O) groups is 1. The fourth-order valence-electron chi connectivity index (χ4n) is 2.73. The molecule has 0 aromatic carbocycles. The van der Waals surface area contributed by atoms with Crippen LogP contribution in [0.3, 0.4) is 0 Å². The van der Waals surface area contributed by atoms with Crippen molar-refractivity contribution in [2.75, 3.05) is 26.2 Å². The highest BCUT2D eigenvalue weighted by atomic mass is 16.5. The summed E-state index contributed by atoms with van der Waals surface area (Å²) in [6.07, 6.45) is 1.78. The summed E-state index contributed by atoms with van der Waals surface area (Å²) in [4.78, 5) is 14.8. The lowest BCUT2D eigenvalue weighted by Gasteiger charge is -2.36. The molecular weight excluding hydrogens is 264 g/mol. The van der Waals surface area contributed by atoms with Gasteiger partial charge in [-0.25, -0.2) is 0 Å². The zero-order valence-corrected chi connectivity index (χ0v) is 15.2. The SMILES string of the molecule is CCCNC(C)(CC(C)N(CC)CC(C)C)C(=O)OCC. The number of carbonyl (C=O) groups excluding carboxylic acids is 1. The monoisotopic (exact) mass is 300 g/mol. The van der Waals surface area contributed by atoms with Crippen molar-refractivity contribution in [3.8, 4) is 0 Å². The molecule has 0 saturated heterocycles. The molecule has 0 heterocycles. The molecule has 21 heavy (non-hydrogen) atoms. The Labute approximate surface area is 131 Å². The van der Waals surface area contributed by atoms with Gasteiger partial charge in [0.15, 0.2) is 0 Å². The van der Waals surface area contributed by atoms with Gasteiger partial charge in [-0.1, -0.05) is 27.7 Å². The first-order valence-electron chi connectivity index (χ1n) is 8.46.